The van der Waals surface area contributed by atoms with Crippen molar-refractivity contribution in [3.8, 4) is 0 Å². The quantitative estimate of drug-likeness (QED) is 0.839. The molecule has 0 aromatic carbocycles. The van der Waals surface area contributed by atoms with E-state index in [1.165, 1.54) is 7.05 Å². The Bertz CT molecular complexity index is 570. The van der Waals surface area contributed by atoms with Crippen LogP contribution in [0.25, 0.3) is 0 Å². The molecule has 0 spiro atoms. The van der Waals surface area contributed by atoms with Crippen LogP contribution in [0.2, 0.25) is 0 Å². The number of hydrogen-bond acceptors (Lipinski definition) is 3. The van der Waals surface area contributed by atoms with Crippen molar-refractivity contribution in [2.75, 3.05) is 13.6 Å². The van der Waals surface area contributed by atoms with E-state index in [2.05, 4.69) is 5.10 Å². The maximum Gasteiger partial charge on any atom is 0.433 e. The summed E-state index contributed by atoms with van der Waals surface area (Å²) >= 11 is 5.02. The Balaban J connectivity index is 2.41. The fourth-order valence-electron chi connectivity index (χ4n) is 2.38. The third-order valence-electron chi connectivity index (χ3n) is 3.35. The predicted molar refractivity (Wildman–Crippen MR) is 67.3 cm³/mol. The summed E-state index contributed by atoms with van der Waals surface area (Å²) in [5.41, 5.74) is -0.809. The van der Waals surface area contributed by atoms with Crippen molar-refractivity contribution in [2.24, 2.45) is 13.0 Å². The maximum atomic E-state index is 12.7. The van der Waals surface area contributed by atoms with E-state index in [4.69, 9.17) is 12.2 Å². The summed E-state index contributed by atoms with van der Waals surface area (Å²) in [6, 6.07) is 0.891. The lowest BCUT2D eigenvalue weighted by atomic mass is 9.93. The zero-order chi connectivity index (χ0) is 15.2. The fraction of sp³-hybridized carbons (Fsp3) is 0.545. The molecule has 2 atom stereocenters. The highest BCUT2D eigenvalue weighted by Gasteiger charge is 2.44. The highest BCUT2D eigenvalue weighted by molar-refractivity contribution is 7.80. The van der Waals surface area contributed by atoms with Gasteiger partial charge in [0.25, 0.3) is 0 Å². The first-order valence-electron chi connectivity index (χ1n) is 5.72. The zero-order valence-electron chi connectivity index (χ0n) is 10.7. The normalized spacial score (nSPS) is 23.4. The van der Waals surface area contributed by atoms with Crippen LogP contribution in [-0.2, 0) is 18.0 Å². The van der Waals surface area contributed by atoms with E-state index in [-0.39, 0.29) is 17.2 Å². The van der Waals surface area contributed by atoms with Gasteiger partial charge in [-0.3, -0.25) is 9.48 Å². The number of likely N-dealkylation sites (tertiary alicyclic amines) is 1. The molecule has 1 aliphatic rings. The Morgan fingerprint density at radius 1 is 1.50 bits per heavy atom. The van der Waals surface area contributed by atoms with Gasteiger partial charge in [-0.1, -0.05) is 12.2 Å². The minimum absolute atomic E-state index is 0.0962. The summed E-state index contributed by atoms with van der Waals surface area (Å²) in [5, 5.41) is 13.0. The van der Waals surface area contributed by atoms with Crippen LogP contribution in [0.1, 0.15) is 17.3 Å². The molecule has 9 heteroatoms. The molecule has 0 radical (unpaired) electrons. The van der Waals surface area contributed by atoms with Gasteiger partial charge in [-0.2, -0.15) is 18.3 Å². The molecule has 1 aliphatic heterocycles. The van der Waals surface area contributed by atoms with Crippen molar-refractivity contribution in [3.05, 3.63) is 17.5 Å². The average Bonchev–Trinajstić information content (AvgIpc) is 2.80. The van der Waals surface area contributed by atoms with Gasteiger partial charge >= 0.3 is 12.1 Å². The Hall–Kier alpha value is -1.64. The molecule has 0 aliphatic carbocycles. The Kier molecular flexibility index (Phi) is 3.49. The summed E-state index contributed by atoms with van der Waals surface area (Å²) in [6.07, 6.45) is -4.52. The molecule has 0 amide bonds. The largest absolute Gasteiger partial charge is 0.481 e. The number of carbonyl (C=O) groups is 1. The van der Waals surface area contributed by atoms with E-state index in [1.807, 2.05) is 0 Å². The van der Waals surface area contributed by atoms with Gasteiger partial charge in [0.1, 0.15) is 11.6 Å². The molecule has 110 valence electrons. The van der Waals surface area contributed by atoms with Crippen LogP contribution in [-0.4, -0.2) is 44.3 Å². The first-order valence-corrected chi connectivity index (χ1v) is 6.12. The van der Waals surface area contributed by atoms with Gasteiger partial charge in [0.05, 0.1) is 10.7 Å². The Labute approximate surface area is 118 Å². The average molecular weight is 307 g/mol. The summed E-state index contributed by atoms with van der Waals surface area (Å²) in [5.74, 6) is -2.85. The van der Waals surface area contributed by atoms with E-state index >= 15 is 0 Å². The molecule has 1 N–H and O–H groups in total. The number of thiocarbonyl (C=S) groups is 1. The lowest BCUT2D eigenvalue weighted by molar-refractivity contribution is -0.143. The van der Waals surface area contributed by atoms with Crippen molar-refractivity contribution in [1.82, 2.24) is 14.7 Å². The van der Waals surface area contributed by atoms with Crippen molar-refractivity contribution < 1.29 is 23.1 Å². The number of hydrogen-bond donors (Lipinski definition) is 1. The number of carboxylic acid groups (broad SMARTS) is 1. The molecule has 2 rings (SSSR count). The predicted octanol–water partition coefficient (Wildman–Crippen LogP) is 1.50. The van der Waals surface area contributed by atoms with Crippen LogP contribution in [0.15, 0.2) is 6.07 Å². The maximum absolute atomic E-state index is 12.7. The topological polar surface area (TPSA) is 58.4 Å². The number of carboxylic acids is 1. The Morgan fingerprint density at radius 3 is 2.55 bits per heavy atom. The number of aromatic nitrogens is 2. The molecule has 0 saturated carbocycles. The molecule has 20 heavy (non-hydrogen) atoms. The van der Waals surface area contributed by atoms with E-state index in [9.17, 15) is 23.1 Å². The van der Waals surface area contributed by atoms with Gasteiger partial charge in [-0.25, -0.2) is 0 Å². The van der Waals surface area contributed by atoms with Crippen molar-refractivity contribution in [2.45, 2.75) is 12.1 Å². The molecule has 1 aromatic heterocycles. The molecular weight excluding hydrogens is 295 g/mol. The number of aryl methyl sites for hydroxylation is 1. The molecule has 1 saturated heterocycles. The number of aliphatic carboxylic acids is 1. The van der Waals surface area contributed by atoms with Gasteiger partial charge in [-0.05, 0) is 6.07 Å². The number of likely N-dealkylation sites (N-methyl/N-ethyl adjacent to an activating group) is 1. The number of halogens is 3. The minimum atomic E-state index is -4.52. The molecule has 1 aromatic rings. The van der Waals surface area contributed by atoms with E-state index in [0.29, 0.717) is 0 Å². The van der Waals surface area contributed by atoms with E-state index < -0.39 is 29.7 Å². The van der Waals surface area contributed by atoms with Crippen LogP contribution >= 0.6 is 12.2 Å². The van der Waals surface area contributed by atoms with E-state index in [1.54, 1.807) is 11.9 Å². The molecule has 1 fully saturated rings. The molecule has 5 nitrogen and oxygen atoms in total. The van der Waals surface area contributed by atoms with Gasteiger partial charge in [0.15, 0.2) is 0 Å². The zero-order valence-corrected chi connectivity index (χ0v) is 11.5. The number of nitrogens with zero attached hydrogens (tertiary/aromatic N) is 3. The Morgan fingerprint density at radius 2 is 2.10 bits per heavy atom. The van der Waals surface area contributed by atoms with Crippen LogP contribution in [0.4, 0.5) is 13.2 Å². The number of alkyl halides is 3. The summed E-state index contributed by atoms with van der Waals surface area (Å²) in [4.78, 5) is 13.0. The smallest absolute Gasteiger partial charge is 0.433 e. The summed E-state index contributed by atoms with van der Waals surface area (Å²) in [6.45, 7) is 0.240. The standard InChI is InChI=1S/C11H12F3N3O2S/c1-16-4-5(8(9(16)20)10(18)19)6-3-7(11(12,13)14)17(2)15-6/h3,5,8H,4H2,1-2H3,(H,18,19)/t5-,8-/m1/s1. The fourth-order valence-corrected chi connectivity index (χ4v) is 2.72. The molecule has 0 bridgehead atoms. The minimum Gasteiger partial charge on any atom is -0.481 e. The molecule has 0 unspecified atom stereocenters. The SMILES string of the molecule is CN1C[C@H](c2cc(C(F)(F)F)n(C)n2)[C@@H](C(=O)O)C1=S. The van der Waals surface area contributed by atoms with E-state index in [0.717, 1.165) is 10.7 Å². The van der Waals surface area contributed by atoms with Gasteiger partial charge < -0.3 is 10.0 Å². The second kappa shape index (κ2) is 4.72. The second-order valence-electron chi connectivity index (χ2n) is 4.72. The highest BCUT2D eigenvalue weighted by atomic mass is 32.1. The van der Waals surface area contributed by atoms with Crippen LogP contribution in [0.5, 0.6) is 0 Å². The summed E-state index contributed by atoms with van der Waals surface area (Å²) in [7, 11) is 2.80. The number of rotatable bonds is 2. The van der Waals surface area contributed by atoms with Gasteiger partial charge in [-0.15, -0.1) is 0 Å². The third-order valence-corrected chi connectivity index (χ3v) is 3.92. The first-order chi connectivity index (χ1) is 9.12. The van der Waals surface area contributed by atoms with Crippen molar-refractivity contribution in [3.63, 3.8) is 0 Å². The van der Waals surface area contributed by atoms with Gasteiger partial charge in [0, 0.05) is 26.6 Å². The van der Waals surface area contributed by atoms with Gasteiger partial charge in [0.2, 0.25) is 0 Å². The first kappa shape index (κ1) is 14.8. The summed E-state index contributed by atoms with van der Waals surface area (Å²) < 4.78 is 39.0. The lowest BCUT2D eigenvalue weighted by Gasteiger charge is -2.10. The van der Waals surface area contributed by atoms with Crippen molar-refractivity contribution in [1.29, 1.82) is 0 Å². The lowest BCUT2D eigenvalue weighted by Crippen LogP contribution is -2.26. The van der Waals surface area contributed by atoms with Crippen LogP contribution < -0.4 is 0 Å². The van der Waals surface area contributed by atoms with Crippen molar-refractivity contribution >= 4 is 23.2 Å². The monoisotopic (exact) mass is 307 g/mol. The molecular formula is C11H12F3N3O2S. The highest BCUT2D eigenvalue weighted by Crippen LogP contribution is 2.36. The second-order valence-corrected chi connectivity index (χ2v) is 5.14. The van der Waals surface area contributed by atoms with Crippen LogP contribution in [0, 0.1) is 5.92 Å². The van der Waals surface area contributed by atoms with Crippen LogP contribution in [0.3, 0.4) is 0 Å². The third kappa shape index (κ3) is 2.37. The molecule has 2 heterocycles.